The third-order valence-corrected chi connectivity index (χ3v) is 3.90. The second kappa shape index (κ2) is 7.02. The van der Waals surface area contributed by atoms with E-state index in [4.69, 9.17) is 4.74 Å². The van der Waals surface area contributed by atoms with E-state index in [9.17, 15) is 14.9 Å². The van der Waals surface area contributed by atoms with Gasteiger partial charge in [0.15, 0.2) is 0 Å². The van der Waals surface area contributed by atoms with Crippen molar-refractivity contribution in [1.82, 2.24) is 9.88 Å². The van der Waals surface area contributed by atoms with E-state index >= 15 is 0 Å². The number of hydrogen-bond acceptors (Lipinski definition) is 6. The minimum atomic E-state index is -0.518. The van der Waals surface area contributed by atoms with Crippen molar-refractivity contribution in [3.05, 3.63) is 28.4 Å². The first-order valence-corrected chi connectivity index (χ1v) is 7.98. The van der Waals surface area contributed by atoms with Crippen molar-refractivity contribution < 1.29 is 14.5 Å². The van der Waals surface area contributed by atoms with Gasteiger partial charge >= 0.3 is 6.09 Å². The van der Waals surface area contributed by atoms with Crippen LogP contribution in [-0.4, -0.2) is 52.7 Å². The molecule has 132 valence electrons. The van der Waals surface area contributed by atoms with Gasteiger partial charge in [0.2, 0.25) is 0 Å². The maximum absolute atomic E-state index is 12.2. The minimum absolute atomic E-state index is 0.0359. The SMILES string of the molecule is CN(c1ccc([N+](=O)[O-])cn1)C1CCCN(C(=O)OC(C)(C)C)C1. The fourth-order valence-corrected chi connectivity index (χ4v) is 2.65. The van der Waals surface area contributed by atoms with Gasteiger partial charge in [-0.15, -0.1) is 0 Å². The summed E-state index contributed by atoms with van der Waals surface area (Å²) in [7, 11) is 1.89. The van der Waals surface area contributed by atoms with Gasteiger partial charge in [-0.05, 0) is 39.7 Å². The highest BCUT2D eigenvalue weighted by Gasteiger charge is 2.30. The van der Waals surface area contributed by atoms with Crippen LogP contribution in [0.1, 0.15) is 33.6 Å². The molecule has 8 nitrogen and oxygen atoms in total. The standard InChI is InChI=1S/C16H24N4O4/c1-16(2,3)24-15(21)19-9-5-6-13(11-19)18(4)14-8-7-12(10-17-14)20(22)23/h7-8,10,13H,5-6,9,11H2,1-4H3. The molecule has 2 rings (SSSR count). The molecule has 1 aliphatic heterocycles. The van der Waals surface area contributed by atoms with Gasteiger partial charge in [-0.25, -0.2) is 9.78 Å². The zero-order valence-corrected chi connectivity index (χ0v) is 14.6. The monoisotopic (exact) mass is 336 g/mol. The Morgan fingerprint density at radius 1 is 1.46 bits per heavy atom. The van der Waals surface area contributed by atoms with Crippen LogP contribution in [-0.2, 0) is 4.74 Å². The number of ether oxygens (including phenoxy) is 1. The second-order valence-electron chi connectivity index (χ2n) is 6.97. The van der Waals surface area contributed by atoms with Crippen molar-refractivity contribution in [3.8, 4) is 0 Å². The van der Waals surface area contributed by atoms with E-state index < -0.39 is 10.5 Å². The summed E-state index contributed by atoms with van der Waals surface area (Å²) in [6, 6.07) is 3.16. The van der Waals surface area contributed by atoms with Crippen molar-refractivity contribution in [1.29, 1.82) is 0 Å². The lowest BCUT2D eigenvalue weighted by Gasteiger charge is -2.38. The topological polar surface area (TPSA) is 88.8 Å². The molecule has 1 unspecified atom stereocenters. The highest BCUT2D eigenvalue weighted by atomic mass is 16.6. The van der Waals surface area contributed by atoms with Gasteiger partial charge in [-0.2, -0.15) is 0 Å². The summed E-state index contributed by atoms with van der Waals surface area (Å²) < 4.78 is 5.43. The van der Waals surface area contributed by atoms with Gasteiger partial charge in [0.1, 0.15) is 17.6 Å². The van der Waals surface area contributed by atoms with E-state index in [-0.39, 0.29) is 17.8 Å². The molecule has 1 aliphatic rings. The summed E-state index contributed by atoms with van der Waals surface area (Å²) in [5.41, 5.74) is -0.554. The Labute approximate surface area is 141 Å². The molecule has 0 aliphatic carbocycles. The number of aromatic nitrogens is 1. The Morgan fingerprint density at radius 3 is 2.71 bits per heavy atom. The molecule has 0 saturated carbocycles. The van der Waals surface area contributed by atoms with Crippen LogP contribution >= 0.6 is 0 Å². The number of hydrogen-bond donors (Lipinski definition) is 0. The van der Waals surface area contributed by atoms with Gasteiger partial charge in [0.25, 0.3) is 5.69 Å². The first kappa shape index (κ1) is 18.0. The molecule has 1 fully saturated rings. The number of nitrogens with zero attached hydrogens (tertiary/aromatic N) is 4. The maximum Gasteiger partial charge on any atom is 0.410 e. The molecule has 0 aromatic carbocycles. The lowest BCUT2D eigenvalue weighted by atomic mass is 10.0. The average Bonchev–Trinajstić information content (AvgIpc) is 2.53. The molecule has 1 aromatic heterocycles. The summed E-state index contributed by atoms with van der Waals surface area (Å²) in [6.07, 6.45) is 2.74. The maximum atomic E-state index is 12.2. The normalized spacial score (nSPS) is 18.2. The molecule has 1 amide bonds. The molecule has 0 spiro atoms. The number of rotatable bonds is 3. The Bertz CT molecular complexity index is 597. The van der Waals surface area contributed by atoms with Gasteiger partial charge in [0.05, 0.1) is 4.92 Å². The molecule has 8 heteroatoms. The molecular formula is C16H24N4O4. The van der Waals surface area contributed by atoms with E-state index in [0.717, 1.165) is 12.8 Å². The summed E-state index contributed by atoms with van der Waals surface area (Å²) in [5.74, 6) is 0.650. The Kier molecular flexibility index (Phi) is 5.26. The van der Waals surface area contributed by atoms with Crippen LogP contribution in [0.15, 0.2) is 18.3 Å². The molecule has 2 heterocycles. The average molecular weight is 336 g/mol. The van der Waals surface area contributed by atoms with Crippen molar-refractivity contribution >= 4 is 17.6 Å². The first-order valence-electron chi connectivity index (χ1n) is 7.98. The molecule has 1 aromatic rings. The third-order valence-electron chi connectivity index (χ3n) is 3.90. The van der Waals surface area contributed by atoms with Crippen LogP contribution in [0.25, 0.3) is 0 Å². The van der Waals surface area contributed by atoms with Crippen LogP contribution in [0.2, 0.25) is 0 Å². The van der Waals surface area contributed by atoms with Gasteiger partial charge in [-0.1, -0.05) is 0 Å². The van der Waals surface area contributed by atoms with Crippen molar-refractivity contribution in [2.75, 3.05) is 25.0 Å². The minimum Gasteiger partial charge on any atom is -0.444 e. The second-order valence-corrected chi connectivity index (χ2v) is 6.97. The van der Waals surface area contributed by atoms with E-state index in [1.807, 2.05) is 32.7 Å². The summed E-state index contributed by atoms with van der Waals surface area (Å²) in [4.78, 5) is 30.3. The number of nitro groups is 1. The quantitative estimate of drug-likeness (QED) is 0.623. The number of likely N-dealkylation sites (N-methyl/N-ethyl adjacent to an activating group) is 1. The van der Waals surface area contributed by atoms with Crippen LogP contribution in [0.3, 0.4) is 0 Å². The number of pyridine rings is 1. The number of likely N-dealkylation sites (tertiary alicyclic amines) is 1. The van der Waals surface area contributed by atoms with Crippen LogP contribution in [0.5, 0.6) is 0 Å². The number of carbonyl (C=O) groups excluding carboxylic acids is 1. The van der Waals surface area contributed by atoms with Crippen molar-refractivity contribution in [3.63, 3.8) is 0 Å². The molecule has 1 atom stereocenters. The Hall–Kier alpha value is -2.38. The number of carbonyl (C=O) groups is 1. The highest BCUT2D eigenvalue weighted by Crippen LogP contribution is 2.22. The predicted molar refractivity (Wildman–Crippen MR) is 90.1 cm³/mol. The summed E-state index contributed by atoms with van der Waals surface area (Å²) in [5, 5.41) is 10.7. The first-order chi connectivity index (χ1) is 11.2. The number of amides is 1. The lowest BCUT2D eigenvalue weighted by molar-refractivity contribution is -0.385. The van der Waals surface area contributed by atoms with E-state index in [1.54, 1.807) is 11.0 Å². The van der Waals surface area contributed by atoms with Gasteiger partial charge in [-0.3, -0.25) is 10.1 Å². The Morgan fingerprint density at radius 2 is 2.17 bits per heavy atom. The smallest absolute Gasteiger partial charge is 0.410 e. The molecular weight excluding hydrogens is 312 g/mol. The van der Waals surface area contributed by atoms with Crippen LogP contribution in [0.4, 0.5) is 16.3 Å². The summed E-state index contributed by atoms with van der Waals surface area (Å²) in [6.45, 7) is 6.76. The fourth-order valence-electron chi connectivity index (χ4n) is 2.65. The van der Waals surface area contributed by atoms with Crippen molar-refractivity contribution in [2.45, 2.75) is 45.3 Å². The van der Waals surface area contributed by atoms with Crippen molar-refractivity contribution in [2.24, 2.45) is 0 Å². The lowest BCUT2D eigenvalue weighted by Crippen LogP contribution is -2.50. The molecule has 1 saturated heterocycles. The molecule has 24 heavy (non-hydrogen) atoms. The molecule has 0 bridgehead atoms. The molecule has 0 N–H and O–H groups in total. The largest absolute Gasteiger partial charge is 0.444 e. The van der Waals surface area contributed by atoms with Gasteiger partial charge in [0, 0.05) is 32.2 Å². The Balaban J connectivity index is 2.03. The van der Waals surface area contributed by atoms with E-state index in [1.165, 1.54) is 12.3 Å². The fraction of sp³-hybridized carbons (Fsp3) is 0.625. The van der Waals surface area contributed by atoms with E-state index in [2.05, 4.69) is 4.98 Å². The zero-order chi connectivity index (χ0) is 17.9. The third kappa shape index (κ3) is 4.56. The zero-order valence-electron chi connectivity index (χ0n) is 14.6. The van der Waals surface area contributed by atoms with Crippen LogP contribution < -0.4 is 4.90 Å². The predicted octanol–water partition coefficient (Wildman–Crippen LogP) is 2.83. The number of anilines is 1. The molecule has 0 radical (unpaired) electrons. The summed E-state index contributed by atoms with van der Waals surface area (Å²) >= 11 is 0. The highest BCUT2D eigenvalue weighted by molar-refractivity contribution is 5.68. The van der Waals surface area contributed by atoms with Gasteiger partial charge < -0.3 is 14.5 Å². The number of piperidine rings is 1. The van der Waals surface area contributed by atoms with E-state index in [0.29, 0.717) is 18.9 Å². The van der Waals surface area contributed by atoms with Crippen LogP contribution in [0, 0.1) is 10.1 Å².